The van der Waals surface area contributed by atoms with Crippen molar-refractivity contribution in [1.29, 1.82) is 0 Å². The van der Waals surface area contributed by atoms with Gasteiger partial charge in [0, 0.05) is 18.5 Å². The molecule has 5 heteroatoms. The van der Waals surface area contributed by atoms with Gasteiger partial charge < -0.3 is 10.1 Å². The molecule has 0 bridgehead atoms. The standard InChI is InChI=1S/C14H22N2O3/c1-4-7-15-9-12(3)10-19-14-8-11(2)5-6-13(14)16(17)18/h5-6,8,12,15H,4,7,9-10H2,1-3H3. The minimum Gasteiger partial charge on any atom is -0.486 e. The van der Waals surface area contributed by atoms with Gasteiger partial charge in [-0.3, -0.25) is 10.1 Å². The SMILES string of the molecule is CCCNCC(C)COc1cc(C)ccc1[N+](=O)[O-]. The lowest BCUT2D eigenvalue weighted by molar-refractivity contribution is -0.385. The van der Waals surface area contributed by atoms with Gasteiger partial charge in [-0.25, -0.2) is 0 Å². The largest absolute Gasteiger partial charge is 0.486 e. The van der Waals surface area contributed by atoms with Gasteiger partial charge in [-0.2, -0.15) is 0 Å². The lowest BCUT2D eigenvalue weighted by Crippen LogP contribution is -2.25. The molecule has 1 atom stereocenters. The van der Waals surface area contributed by atoms with Crippen molar-refractivity contribution in [3.8, 4) is 5.75 Å². The van der Waals surface area contributed by atoms with Crippen molar-refractivity contribution in [2.45, 2.75) is 27.2 Å². The molecule has 1 rings (SSSR count). The van der Waals surface area contributed by atoms with Crippen LogP contribution in [0.2, 0.25) is 0 Å². The summed E-state index contributed by atoms with van der Waals surface area (Å²) < 4.78 is 5.59. The van der Waals surface area contributed by atoms with Gasteiger partial charge in [0.15, 0.2) is 5.75 Å². The first-order chi connectivity index (χ1) is 9.04. The fourth-order valence-electron chi connectivity index (χ4n) is 1.70. The van der Waals surface area contributed by atoms with Crippen LogP contribution in [0.3, 0.4) is 0 Å². The van der Waals surface area contributed by atoms with E-state index in [0.717, 1.165) is 25.1 Å². The summed E-state index contributed by atoms with van der Waals surface area (Å²) in [5, 5.41) is 14.2. The number of hydrogen-bond donors (Lipinski definition) is 1. The summed E-state index contributed by atoms with van der Waals surface area (Å²) in [5.74, 6) is 0.666. The molecule has 1 aromatic rings. The second-order valence-electron chi connectivity index (χ2n) is 4.85. The number of nitro groups is 1. The molecule has 0 amide bonds. The van der Waals surface area contributed by atoms with Crippen molar-refractivity contribution in [2.75, 3.05) is 19.7 Å². The first-order valence-electron chi connectivity index (χ1n) is 6.63. The third kappa shape index (κ3) is 5.26. The third-order valence-electron chi connectivity index (χ3n) is 2.75. The van der Waals surface area contributed by atoms with Gasteiger partial charge >= 0.3 is 5.69 Å². The van der Waals surface area contributed by atoms with E-state index in [1.54, 1.807) is 12.1 Å². The second-order valence-corrected chi connectivity index (χ2v) is 4.85. The maximum absolute atomic E-state index is 10.9. The summed E-state index contributed by atoms with van der Waals surface area (Å²) in [6, 6.07) is 4.92. The lowest BCUT2D eigenvalue weighted by atomic mass is 10.2. The number of nitro benzene ring substituents is 1. The van der Waals surface area contributed by atoms with E-state index in [2.05, 4.69) is 19.2 Å². The number of nitrogens with zero attached hydrogens (tertiary/aromatic N) is 1. The Morgan fingerprint density at radius 3 is 2.84 bits per heavy atom. The van der Waals surface area contributed by atoms with Crippen molar-refractivity contribution < 1.29 is 9.66 Å². The third-order valence-corrected chi connectivity index (χ3v) is 2.75. The molecule has 0 aliphatic rings. The summed E-state index contributed by atoms with van der Waals surface area (Å²) in [7, 11) is 0. The number of ether oxygens (including phenoxy) is 1. The Balaban J connectivity index is 2.56. The first-order valence-corrected chi connectivity index (χ1v) is 6.63. The zero-order valence-electron chi connectivity index (χ0n) is 11.8. The molecule has 0 fully saturated rings. The van der Waals surface area contributed by atoms with Crippen LogP contribution < -0.4 is 10.1 Å². The first kappa shape index (κ1) is 15.4. The Hall–Kier alpha value is -1.62. The van der Waals surface area contributed by atoms with Crippen molar-refractivity contribution >= 4 is 5.69 Å². The van der Waals surface area contributed by atoms with E-state index < -0.39 is 4.92 Å². The summed E-state index contributed by atoms with van der Waals surface area (Å²) >= 11 is 0. The topological polar surface area (TPSA) is 64.4 Å². The Morgan fingerprint density at radius 2 is 2.21 bits per heavy atom. The highest BCUT2D eigenvalue weighted by atomic mass is 16.6. The predicted molar refractivity (Wildman–Crippen MR) is 75.7 cm³/mol. The van der Waals surface area contributed by atoms with Gasteiger partial charge in [-0.15, -0.1) is 0 Å². The quantitative estimate of drug-likeness (QED) is 0.446. The van der Waals surface area contributed by atoms with Crippen LogP contribution in [0.4, 0.5) is 5.69 Å². The lowest BCUT2D eigenvalue weighted by Gasteiger charge is -2.14. The van der Waals surface area contributed by atoms with Crippen LogP contribution in [0.5, 0.6) is 5.75 Å². The fraction of sp³-hybridized carbons (Fsp3) is 0.571. The summed E-state index contributed by atoms with van der Waals surface area (Å²) in [4.78, 5) is 10.5. The Morgan fingerprint density at radius 1 is 1.47 bits per heavy atom. The fourth-order valence-corrected chi connectivity index (χ4v) is 1.70. The summed E-state index contributed by atoms with van der Waals surface area (Å²) in [6.07, 6.45) is 1.09. The average molecular weight is 266 g/mol. The molecule has 0 aromatic heterocycles. The van der Waals surface area contributed by atoms with E-state index in [1.165, 1.54) is 6.07 Å². The average Bonchev–Trinajstić information content (AvgIpc) is 2.36. The Kier molecular flexibility index (Phi) is 6.29. The molecule has 0 saturated carbocycles. The van der Waals surface area contributed by atoms with Crippen LogP contribution in [0.15, 0.2) is 18.2 Å². The van der Waals surface area contributed by atoms with Crippen LogP contribution >= 0.6 is 0 Å². The molecule has 5 nitrogen and oxygen atoms in total. The molecule has 0 radical (unpaired) electrons. The molecular weight excluding hydrogens is 244 g/mol. The number of benzene rings is 1. The van der Waals surface area contributed by atoms with Gasteiger partial charge in [0.05, 0.1) is 11.5 Å². The number of hydrogen-bond acceptors (Lipinski definition) is 4. The minimum atomic E-state index is -0.408. The van der Waals surface area contributed by atoms with E-state index >= 15 is 0 Å². The molecule has 0 aliphatic heterocycles. The molecule has 106 valence electrons. The minimum absolute atomic E-state index is 0.0271. The Bertz CT molecular complexity index is 421. The molecule has 1 aromatic carbocycles. The number of rotatable bonds is 8. The van der Waals surface area contributed by atoms with Gasteiger partial charge in [0.2, 0.25) is 0 Å². The molecular formula is C14H22N2O3. The van der Waals surface area contributed by atoms with Crippen LogP contribution in [0, 0.1) is 23.0 Å². The normalized spacial score (nSPS) is 12.2. The van der Waals surface area contributed by atoms with Crippen LogP contribution in [0.25, 0.3) is 0 Å². The van der Waals surface area contributed by atoms with E-state index in [-0.39, 0.29) is 5.69 Å². The van der Waals surface area contributed by atoms with E-state index in [9.17, 15) is 10.1 Å². The van der Waals surface area contributed by atoms with E-state index in [0.29, 0.717) is 18.3 Å². The zero-order valence-corrected chi connectivity index (χ0v) is 11.8. The number of nitrogens with one attached hydrogen (secondary N) is 1. The smallest absolute Gasteiger partial charge is 0.310 e. The molecule has 0 aliphatic carbocycles. The summed E-state index contributed by atoms with van der Waals surface area (Å²) in [6.45, 7) is 8.38. The van der Waals surface area contributed by atoms with Crippen molar-refractivity contribution in [3.63, 3.8) is 0 Å². The molecule has 19 heavy (non-hydrogen) atoms. The molecule has 0 saturated heterocycles. The van der Waals surface area contributed by atoms with Gasteiger partial charge in [-0.1, -0.05) is 19.9 Å². The van der Waals surface area contributed by atoms with Gasteiger partial charge in [-0.05, 0) is 31.5 Å². The van der Waals surface area contributed by atoms with E-state index in [4.69, 9.17) is 4.74 Å². The molecule has 0 spiro atoms. The van der Waals surface area contributed by atoms with Gasteiger partial charge in [0.25, 0.3) is 0 Å². The highest BCUT2D eigenvalue weighted by Crippen LogP contribution is 2.28. The zero-order chi connectivity index (χ0) is 14.3. The van der Waals surface area contributed by atoms with Crippen LogP contribution in [-0.2, 0) is 0 Å². The molecule has 1 N–H and O–H groups in total. The summed E-state index contributed by atoms with van der Waals surface area (Å²) in [5.41, 5.74) is 0.983. The molecule has 1 unspecified atom stereocenters. The highest BCUT2D eigenvalue weighted by molar-refractivity contribution is 5.48. The van der Waals surface area contributed by atoms with Crippen molar-refractivity contribution in [3.05, 3.63) is 33.9 Å². The van der Waals surface area contributed by atoms with Crippen LogP contribution in [-0.4, -0.2) is 24.6 Å². The maximum Gasteiger partial charge on any atom is 0.310 e. The van der Waals surface area contributed by atoms with E-state index in [1.807, 2.05) is 6.92 Å². The Labute approximate surface area is 114 Å². The highest BCUT2D eigenvalue weighted by Gasteiger charge is 2.15. The van der Waals surface area contributed by atoms with Crippen molar-refractivity contribution in [1.82, 2.24) is 5.32 Å². The second kappa shape index (κ2) is 7.74. The predicted octanol–water partition coefficient (Wildman–Crippen LogP) is 2.92. The monoisotopic (exact) mass is 266 g/mol. The van der Waals surface area contributed by atoms with Crippen LogP contribution in [0.1, 0.15) is 25.8 Å². The van der Waals surface area contributed by atoms with Gasteiger partial charge in [0.1, 0.15) is 0 Å². The number of aryl methyl sites for hydroxylation is 1. The van der Waals surface area contributed by atoms with Crippen molar-refractivity contribution in [2.24, 2.45) is 5.92 Å². The maximum atomic E-state index is 10.9. The molecule has 0 heterocycles.